The molecule has 0 spiro atoms. The molecule has 0 fully saturated rings. The number of thioether (sulfide) groups is 1. The van der Waals surface area contributed by atoms with Crippen molar-refractivity contribution in [3.63, 3.8) is 0 Å². The zero-order chi connectivity index (χ0) is 21.4. The number of aryl methyl sites for hydroxylation is 1. The number of para-hydroxylation sites is 1. The van der Waals surface area contributed by atoms with E-state index >= 15 is 0 Å². The van der Waals surface area contributed by atoms with Crippen molar-refractivity contribution in [3.05, 3.63) is 77.4 Å². The molecule has 0 atom stereocenters. The number of rotatable bonds is 6. The fraction of sp³-hybridized carbons (Fsp3) is 0.208. The van der Waals surface area contributed by atoms with Gasteiger partial charge in [0.2, 0.25) is 6.79 Å². The Morgan fingerprint density at radius 1 is 1.06 bits per heavy atom. The van der Waals surface area contributed by atoms with Crippen LogP contribution in [-0.4, -0.2) is 32.9 Å². The number of carbonyl (C=O) groups excluding carboxylic acids is 1. The monoisotopic (exact) mass is 431 g/mol. The molecular weight excluding hydrogens is 410 g/mol. The Morgan fingerprint density at radius 3 is 2.81 bits per heavy atom. The Hall–Kier alpha value is -3.32. The van der Waals surface area contributed by atoms with Crippen LogP contribution in [-0.2, 0) is 6.54 Å². The molecular formula is C24H21N3O3S. The first-order chi connectivity index (χ1) is 15.1. The lowest BCUT2D eigenvalue weighted by molar-refractivity contribution is 0.102. The number of hydrogen-bond acceptors (Lipinski definition) is 6. The highest BCUT2D eigenvalue weighted by atomic mass is 32.2. The van der Waals surface area contributed by atoms with Gasteiger partial charge in [0.15, 0.2) is 17.3 Å². The van der Waals surface area contributed by atoms with Gasteiger partial charge in [-0.1, -0.05) is 36.0 Å². The summed E-state index contributed by atoms with van der Waals surface area (Å²) in [5.41, 5.74) is 4.76. The molecule has 0 saturated carbocycles. The average molecular weight is 432 g/mol. The topological polar surface area (TPSA) is 66.2 Å². The fourth-order valence-corrected chi connectivity index (χ4v) is 4.73. The summed E-state index contributed by atoms with van der Waals surface area (Å²) in [4.78, 5) is 21.7. The van der Waals surface area contributed by atoms with Gasteiger partial charge in [0.05, 0.1) is 11.3 Å². The molecule has 6 nitrogen and oxygen atoms in total. The molecule has 5 rings (SSSR count). The molecule has 0 amide bonds. The molecule has 1 aliphatic heterocycles. The van der Waals surface area contributed by atoms with Crippen molar-refractivity contribution in [1.29, 1.82) is 0 Å². The van der Waals surface area contributed by atoms with Crippen molar-refractivity contribution in [2.45, 2.75) is 25.4 Å². The van der Waals surface area contributed by atoms with E-state index in [-0.39, 0.29) is 12.6 Å². The number of nitrogens with zero attached hydrogens (tertiary/aromatic N) is 3. The second kappa shape index (κ2) is 8.07. The van der Waals surface area contributed by atoms with Gasteiger partial charge in [-0.05, 0) is 43.7 Å². The van der Waals surface area contributed by atoms with Gasteiger partial charge in [-0.3, -0.25) is 4.79 Å². The number of Topliss-reactive ketones (excluding diaryl/α,β-unsaturated/α-hetero) is 1. The number of hydrogen-bond donors (Lipinski definition) is 0. The van der Waals surface area contributed by atoms with Crippen LogP contribution in [0.5, 0.6) is 11.5 Å². The Labute approximate surface area is 184 Å². The summed E-state index contributed by atoms with van der Waals surface area (Å²) in [5, 5.41) is 1.80. The van der Waals surface area contributed by atoms with Crippen LogP contribution in [0.4, 0.5) is 0 Å². The fourth-order valence-electron chi connectivity index (χ4n) is 3.86. The lowest BCUT2D eigenvalue weighted by Gasteiger charge is -2.11. The van der Waals surface area contributed by atoms with Gasteiger partial charge in [0.25, 0.3) is 0 Å². The largest absolute Gasteiger partial charge is 0.454 e. The van der Waals surface area contributed by atoms with Crippen molar-refractivity contribution < 1.29 is 14.3 Å². The molecule has 0 N–H and O–H groups in total. The highest BCUT2D eigenvalue weighted by Crippen LogP contribution is 2.33. The van der Waals surface area contributed by atoms with Gasteiger partial charge in [-0.25, -0.2) is 9.97 Å². The maximum atomic E-state index is 13.0. The SMILES string of the molecule is Cc1cc(C(=O)CSc2ncnc3ccccc23)c(C)n1Cc1ccc2c(c1)OCO2. The van der Waals surface area contributed by atoms with Crippen molar-refractivity contribution >= 4 is 28.4 Å². The van der Waals surface area contributed by atoms with Crippen molar-refractivity contribution in [3.8, 4) is 11.5 Å². The predicted octanol–water partition coefficient (Wildman–Crippen LogP) is 4.80. The number of fused-ring (bicyclic) bond motifs is 2. The summed E-state index contributed by atoms with van der Waals surface area (Å²) in [7, 11) is 0. The quantitative estimate of drug-likeness (QED) is 0.248. The van der Waals surface area contributed by atoms with E-state index in [1.807, 2.05) is 62.4 Å². The maximum Gasteiger partial charge on any atom is 0.231 e. The summed E-state index contributed by atoms with van der Waals surface area (Å²) in [6.07, 6.45) is 1.55. The van der Waals surface area contributed by atoms with Gasteiger partial charge in [0.1, 0.15) is 11.4 Å². The molecule has 0 bridgehead atoms. The van der Waals surface area contributed by atoms with Gasteiger partial charge in [-0.2, -0.15) is 0 Å². The molecule has 0 aliphatic carbocycles. The average Bonchev–Trinajstić information content (AvgIpc) is 3.37. The predicted molar refractivity (Wildman–Crippen MR) is 120 cm³/mol. The molecule has 156 valence electrons. The Balaban J connectivity index is 1.34. The zero-order valence-electron chi connectivity index (χ0n) is 17.3. The van der Waals surface area contributed by atoms with E-state index in [0.717, 1.165) is 49.9 Å². The molecule has 4 aromatic rings. The van der Waals surface area contributed by atoms with Crippen LogP contribution < -0.4 is 9.47 Å². The molecule has 0 radical (unpaired) electrons. The molecule has 0 unspecified atom stereocenters. The Kier molecular flexibility index (Phi) is 5.11. The number of ether oxygens (including phenoxy) is 2. The molecule has 3 heterocycles. The second-order valence-corrected chi connectivity index (χ2v) is 8.43. The molecule has 2 aromatic carbocycles. The second-order valence-electron chi connectivity index (χ2n) is 7.47. The number of carbonyl (C=O) groups is 1. The third kappa shape index (κ3) is 3.77. The first-order valence-electron chi connectivity index (χ1n) is 10.0. The van der Waals surface area contributed by atoms with Crippen LogP contribution in [0.2, 0.25) is 0 Å². The smallest absolute Gasteiger partial charge is 0.231 e. The Bertz CT molecular complexity index is 1290. The van der Waals surface area contributed by atoms with Gasteiger partial charge < -0.3 is 14.0 Å². The van der Waals surface area contributed by atoms with Crippen LogP contribution in [0.3, 0.4) is 0 Å². The highest BCUT2D eigenvalue weighted by Gasteiger charge is 2.18. The summed E-state index contributed by atoms with van der Waals surface area (Å²) in [6.45, 7) is 4.96. The van der Waals surface area contributed by atoms with E-state index < -0.39 is 0 Å². The van der Waals surface area contributed by atoms with E-state index in [9.17, 15) is 4.79 Å². The van der Waals surface area contributed by atoms with E-state index in [4.69, 9.17) is 9.47 Å². The van der Waals surface area contributed by atoms with Crippen LogP contribution >= 0.6 is 11.8 Å². The third-order valence-electron chi connectivity index (χ3n) is 5.50. The van der Waals surface area contributed by atoms with Crippen molar-refractivity contribution in [2.24, 2.45) is 0 Å². The lowest BCUT2D eigenvalue weighted by atomic mass is 10.1. The van der Waals surface area contributed by atoms with Crippen LogP contribution in [0, 0.1) is 13.8 Å². The number of aromatic nitrogens is 3. The summed E-state index contributed by atoms with van der Waals surface area (Å²) in [6, 6.07) is 15.8. The van der Waals surface area contributed by atoms with Crippen molar-refractivity contribution in [1.82, 2.24) is 14.5 Å². The minimum atomic E-state index is 0.0951. The standard InChI is InChI=1S/C24H21N3O3S/c1-15-9-19(16(2)27(15)11-17-7-8-22-23(10-17)30-14-29-22)21(28)12-31-24-18-5-3-4-6-20(18)25-13-26-24/h3-10,13H,11-12,14H2,1-2H3. The minimum absolute atomic E-state index is 0.0951. The van der Waals surface area contributed by atoms with Gasteiger partial charge in [-0.15, -0.1) is 0 Å². The number of benzene rings is 2. The molecule has 7 heteroatoms. The normalized spacial score (nSPS) is 12.5. The third-order valence-corrected chi connectivity index (χ3v) is 6.50. The van der Waals surface area contributed by atoms with Gasteiger partial charge >= 0.3 is 0 Å². The van der Waals surface area contributed by atoms with Crippen LogP contribution in [0.25, 0.3) is 10.9 Å². The summed E-state index contributed by atoms with van der Waals surface area (Å²) in [5.74, 6) is 1.97. The molecule has 31 heavy (non-hydrogen) atoms. The number of ketones is 1. The van der Waals surface area contributed by atoms with E-state index in [2.05, 4.69) is 14.5 Å². The van der Waals surface area contributed by atoms with E-state index in [0.29, 0.717) is 12.3 Å². The molecule has 1 aliphatic rings. The summed E-state index contributed by atoms with van der Waals surface area (Å²) >= 11 is 1.45. The van der Waals surface area contributed by atoms with Crippen LogP contribution in [0.15, 0.2) is 59.9 Å². The van der Waals surface area contributed by atoms with Crippen LogP contribution in [0.1, 0.15) is 27.3 Å². The van der Waals surface area contributed by atoms with E-state index in [1.165, 1.54) is 11.8 Å². The maximum absolute atomic E-state index is 13.0. The molecule has 2 aromatic heterocycles. The van der Waals surface area contributed by atoms with E-state index in [1.54, 1.807) is 6.33 Å². The lowest BCUT2D eigenvalue weighted by Crippen LogP contribution is -2.08. The van der Waals surface area contributed by atoms with Gasteiger partial charge in [0, 0.05) is 28.9 Å². The first kappa shape index (κ1) is 19.6. The molecule has 0 saturated heterocycles. The van der Waals surface area contributed by atoms with Crippen molar-refractivity contribution in [2.75, 3.05) is 12.5 Å². The summed E-state index contributed by atoms with van der Waals surface area (Å²) < 4.78 is 13.0. The highest BCUT2D eigenvalue weighted by molar-refractivity contribution is 8.00. The Morgan fingerprint density at radius 2 is 1.90 bits per heavy atom. The minimum Gasteiger partial charge on any atom is -0.454 e. The zero-order valence-corrected chi connectivity index (χ0v) is 18.1. The first-order valence-corrected chi connectivity index (χ1v) is 11.0.